The Labute approximate surface area is 471 Å². The number of nitrogens with one attached hydrogen (secondary N) is 1. The number of phosphoric acid groups is 1. The molecule has 0 aromatic rings. The lowest BCUT2D eigenvalue weighted by Crippen LogP contribution is -2.47. The summed E-state index contributed by atoms with van der Waals surface area (Å²) in [5.41, 5.74) is 0. The van der Waals surface area contributed by atoms with Crippen molar-refractivity contribution in [1.82, 2.24) is 5.32 Å². The maximum Gasteiger partial charge on any atom is 0.472 e. The molecule has 0 rings (SSSR count). The first-order valence-corrected chi connectivity index (χ1v) is 33.6. The number of carbonyl (C=O) groups excluding carboxylic acids is 2. The van der Waals surface area contributed by atoms with Gasteiger partial charge in [-0.2, -0.15) is 0 Å². The molecule has 0 spiro atoms. The van der Waals surface area contributed by atoms with Crippen molar-refractivity contribution in [3.05, 3.63) is 60.8 Å². The van der Waals surface area contributed by atoms with E-state index in [-0.39, 0.29) is 31.5 Å². The van der Waals surface area contributed by atoms with E-state index in [0.717, 1.165) is 83.5 Å². The number of ether oxygens (including phenoxy) is 1. The lowest BCUT2D eigenvalue weighted by molar-refractivity contribution is -0.870. The summed E-state index contributed by atoms with van der Waals surface area (Å²) < 4.78 is 30.7. The highest BCUT2D eigenvalue weighted by Gasteiger charge is 2.30. The van der Waals surface area contributed by atoms with Crippen molar-refractivity contribution in [3.63, 3.8) is 0 Å². The fourth-order valence-corrected chi connectivity index (χ4v) is 9.91. The van der Waals surface area contributed by atoms with Gasteiger partial charge in [0.25, 0.3) is 0 Å². The summed E-state index contributed by atoms with van der Waals surface area (Å²) in [7, 11) is 1.49. The van der Waals surface area contributed by atoms with E-state index >= 15 is 0 Å². The zero-order valence-corrected chi connectivity index (χ0v) is 51.6. The van der Waals surface area contributed by atoms with E-state index in [1.54, 1.807) is 0 Å². The maximum atomic E-state index is 13.5. The molecule has 0 aliphatic carbocycles. The van der Waals surface area contributed by atoms with Crippen LogP contribution in [0.2, 0.25) is 0 Å². The molecule has 2 N–H and O–H groups in total. The Hall–Kier alpha value is -2.29. The number of rotatable bonds is 58. The normalized spacial score (nSPS) is 14.0. The maximum absolute atomic E-state index is 13.5. The highest BCUT2D eigenvalue weighted by atomic mass is 31.2. The molecule has 0 aromatic heterocycles. The molecule has 0 aliphatic rings. The number of nitrogens with zero attached hydrogens (tertiary/aromatic N) is 1. The third-order valence-corrected chi connectivity index (χ3v) is 15.2. The minimum absolute atomic E-state index is 0.0364. The van der Waals surface area contributed by atoms with E-state index in [9.17, 15) is 19.0 Å². The zero-order chi connectivity index (χ0) is 55.7. The number of hydrogen-bond donors (Lipinski definition) is 2. The van der Waals surface area contributed by atoms with Crippen molar-refractivity contribution in [2.45, 2.75) is 309 Å². The van der Waals surface area contributed by atoms with Gasteiger partial charge in [-0.15, -0.1) is 0 Å². The summed E-state index contributed by atoms with van der Waals surface area (Å²) >= 11 is 0. The van der Waals surface area contributed by atoms with E-state index in [1.807, 2.05) is 33.3 Å². The van der Waals surface area contributed by atoms with E-state index in [0.29, 0.717) is 17.4 Å². The van der Waals surface area contributed by atoms with Crippen LogP contribution in [-0.2, 0) is 27.9 Å². The summed E-state index contributed by atoms with van der Waals surface area (Å²) in [6.45, 7) is 6.99. The Morgan fingerprint density at radius 3 is 1.25 bits per heavy atom. The fourth-order valence-electron chi connectivity index (χ4n) is 9.18. The Morgan fingerprint density at radius 1 is 0.461 bits per heavy atom. The van der Waals surface area contributed by atoms with E-state index in [4.69, 9.17) is 13.8 Å². The number of amides is 1. The molecule has 0 bridgehead atoms. The van der Waals surface area contributed by atoms with Crippen LogP contribution in [0.4, 0.5) is 0 Å². The molecule has 0 saturated heterocycles. The van der Waals surface area contributed by atoms with Crippen LogP contribution in [0.1, 0.15) is 297 Å². The second-order valence-corrected chi connectivity index (χ2v) is 24.4. The van der Waals surface area contributed by atoms with Gasteiger partial charge in [-0.05, 0) is 96.0 Å². The third kappa shape index (κ3) is 56.4. The highest BCUT2D eigenvalue weighted by molar-refractivity contribution is 7.47. The number of quaternary nitrogens is 1. The van der Waals surface area contributed by atoms with E-state index in [1.165, 1.54) is 180 Å². The molecule has 3 unspecified atom stereocenters. The summed E-state index contributed by atoms with van der Waals surface area (Å²) in [5.74, 6) is -0.521. The lowest BCUT2D eigenvalue weighted by atomic mass is 10.0. The molecule has 76 heavy (non-hydrogen) atoms. The standard InChI is InChI=1S/C66H123N2O7P/c1-7-10-13-16-19-22-25-28-30-31-32-33-34-35-36-37-38-41-44-47-50-53-56-59-66(70)75-64(57-54-51-48-45-42-39-27-24-21-18-15-12-9-3)63(62-74-76(71,72)73-61-60-68(4,5)6)67-65(69)58-55-52-49-46-43-40-29-26-23-20-17-14-11-8-2/h19,22,28,30,32-33,40,43,54,57,63-64H,7-18,20-21,23-27,29,31,34-39,41-42,44-53,55-56,58-62H2,1-6H3,(H-,67,69,71,72)/p+1/b22-19-,30-28-,33-32-,43-40-,57-54-. The highest BCUT2D eigenvalue weighted by Crippen LogP contribution is 2.43. The van der Waals surface area contributed by atoms with Crippen molar-refractivity contribution in [2.24, 2.45) is 0 Å². The molecule has 0 aromatic carbocycles. The molecule has 0 radical (unpaired) electrons. The third-order valence-electron chi connectivity index (χ3n) is 14.2. The van der Waals surface area contributed by atoms with Crippen LogP contribution < -0.4 is 5.32 Å². The number of esters is 1. The summed E-state index contributed by atoms with van der Waals surface area (Å²) in [6.07, 6.45) is 70.7. The minimum Gasteiger partial charge on any atom is -0.456 e. The van der Waals surface area contributed by atoms with Gasteiger partial charge < -0.3 is 19.4 Å². The number of allylic oxidation sites excluding steroid dienone is 9. The van der Waals surface area contributed by atoms with Gasteiger partial charge in [-0.3, -0.25) is 18.6 Å². The SMILES string of the molecule is CCCCC/C=C\C/C=C\C/C=C\CCCCCCCCCCCCC(=O)OC(/C=C\CCCCCCCCCCCCC)C(COP(=O)(O)OCC[N+](C)(C)C)NC(=O)CCCCC/C=C\CCCCCCCCC. The summed E-state index contributed by atoms with van der Waals surface area (Å²) in [4.78, 5) is 37.7. The number of phosphoric ester groups is 1. The van der Waals surface area contributed by atoms with Crippen LogP contribution in [0.3, 0.4) is 0 Å². The molecule has 0 fully saturated rings. The van der Waals surface area contributed by atoms with Gasteiger partial charge in [0.1, 0.15) is 19.3 Å². The minimum atomic E-state index is -4.45. The van der Waals surface area contributed by atoms with Gasteiger partial charge in [0.15, 0.2) is 0 Å². The summed E-state index contributed by atoms with van der Waals surface area (Å²) in [5, 5.41) is 3.05. The predicted octanol–water partition coefficient (Wildman–Crippen LogP) is 19.8. The zero-order valence-electron chi connectivity index (χ0n) is 50.7. The van der Waals surface area contributed by atoms with Gasteiger partial charge in [0.05, 0.1) is 33.8 Å². The molecule has 0 heterocycles. The van der Waals surface area contributed by atoms with Crippen molar-refractivity contribution in [3.8, 4) is 0 Å². The molecule has 10 heteroatoms. The van der Waals surface area contributed by atoms with Crippen LogP contribution >= 0.6 is 7.82 Å². The number of unbranched alkanes of at least 4 members (excludes halogenated alkanes) is 34. The predicted molar refractivity (Wildman–Crippen MR) is 328 cm³/mol. The Morgan fingerprint density at radius 2 is 0.803 bits per heavy atom. The van der Waals surface area contributed by atoms with Crippen molar-refractivity contribution >= 4 is 19.7 Å². The number of carbonyl (C=O) groups is 2. The Bertz CT molecular complexity index is 1490. The molecule has 444 valence electrons. The van der Waals surface area contributed by atoms with Crippen LogP contribution in [0.15, 0.2) is 60.8 Å². The molecule has 1 amide bonds. The average molecular weight is 1090 g/mol. The van der Waals surface area contributed by atoms with Gasteiger partial charge in [-0.1, -0.05) is 249 Å². The first-order valence-electron chi connectivity index (χ1n) is 32.1. The summed E-state index contributed by atoms with van der Waals surface area (Å²) in [6, 6.07) is -0.858. The quantitative estimate of drug-likeness (QED) is 0.0205. The fraction of sp³-hybridized carbons (Fsp3) is 0.818. The largest absolute Gasteiger partial charge is 0.472 e. The van der Waals surface area contributed by atoms with Gasteiger partial charge >= 0.3 is 13.8 Å². The van der Waals surface area contributed by atoms with Crippen molar-refractivity contribution in [2.75, 3.05) is 40.9 Å². The second kappa shape index (κ2) is 56.0. The van der Waals surface area contributed by atoms with E-state index in [2.05, 4.69) is 74.7 Å². The monoisotopic (exact) mass is 1090 g/mol. The first kappa shape index (κ1) is 73.7. The smallest absolute Gasteiger partial charge is 0.456 e. The molecule has 9 nitrogen and oxygen atoms in total. The molecule has 0 aliphatic heterocycles. The van der Waals surface area contributed by atoms with Crippen molar-refractivity contribution < 1.29 is 37.3 Å². The Kier molecular flexibility index (Phi) is 54.3. The van der Waals surface area contributed by atoms with E-state index < -0.39 is 20.0 Å². The van der Waals surface area contributed by atoms with Gasteiger partial charge in [-0.25, -0.2) is 4.57 Å². The molecule has 0 saturated carbocycles. The van der Waals surface area contributed by atoms with Crippen molar-refractivity contribution in [1.29, 1.82) is 0 Å². The lowest BCUT2D eigenvalue weighted by Gasteiger charge is -2.27. The molecule has 3 atom stereocenters. The number of hydrogen-bond acceptors (Lipinski definition) is 6. The Balaban J connectivity index is 5.21. The second-order valence-electron chi connectivity index (χ2n) is 22.9. The van der Waals surface area contributed by atoms with Crippen LogP contribution in [0.5, 0.6) is 0 Å². The number of likely N-dealkylation sites (N-methyl/N-ethyl adjacent to an activating group) is 1. The van der Waals surface area contributed by atoms with Crippen LogP contribution in [0.25, 0.3) is 0 Å². The van der Waals surface area contributed by atoms with Gasteiger partial charge in [0, 0.05) is 12.8 Å². The molecular weight excluding hydrogens is 964 g/mol. The van der Waals surface area contributed by atoms with Crippen LogP contribution in [-0.4, -0.2) is 74.3 Å². The topological polar surface area (TPSA) is 111 Å². The van der Waals surface area contributed by atoms with Crippen LogP contribution in [0, 0.1) is 0 Å². The average Bonchev–Trinajstić information content (AvgIpc) is 3.38. The first-order chi connectivity index (χ1) is 36.9. The van der Waals surface area contributed by atoms with Gasteiger partial charge in [0.2, 0.25) is 5.91 Å². The molecular formula is C66H124N2O7P+.